The molecule has 3 heterocycles. The minimum atomic E-state index is -0.0651. The van der Waals surface area contributed by atoms with E-state index in [0.29, 0.717) is 12.1 Å². The van der Waals surface area contributed by atoms with Gasteiger partial charge in [-0.15, -0.1) is 0 Å². The van der Waals surface area contributed by atoms with Gasteiger partial charge in [-0.25, -0.2) is 4.98 Å². The number of piperidine rings is 1. The molecule has 2 fully saturated rings. The molecule has 3 rings (SSSR count). The van der Waals surface area contributed by atoms with Crippen LogP contribution < -0.4 is 10.9 Å². The standard InChI is InChI=1S/C15H24N4O/c1-10(2)15-17-13(9-14(20)18-15)16-11-6-8-19-7-4-3-5-12(11)19/h9-12H,3-8H2,1-2H3,(H2,16,17,18,20). The third-order valence-electron chi connectivity index (χ3n) is 4.50. The Morgan fingerprint density at radius 2 is 2.20 bits per heavy atom. The molecule has 0 aliphatic carbocycles. The van der Waals surface area contributed by atoms with E-state index in [9.17, 15) is 4.79 Å². The van der Waals surface area contributed by atoms with Gasteiger partial charge < -0.3 is 10.3 Å². The van der Waals surface area contributed by atoms with Crippen molar-refractivity contribution in [1.29, 1.82) is 0 Å². The lowest BCUT2D eigenvalue weighted by Gasteiger charge is -2.32. The number of nitrogens with zero attached hydrogens (tertiary/aromatic N) is 2. The summed E-state index contributed by atoms with van der Waals surface area (Å²) in [7, 11) is 0. The number of nitrogens with one attached hydrogen (secondary N) is 2. The number of hydrogen-bond donors (Lipinski definition) is 2. The zero-order valence-electron chi connectivity index (χ0n) is 12.4. The van der Waals surface area contributed by atoms with Crippen LogP contribution in [0.4, 0.5) is 5.82 Å². The summed E-state index contributed by atoms with van der Waals surface area (Å²) in [5.74, 6) is 1.73. The molecule has 0 radical (unpaired) electrons. The van der Waals surface area contributed by atoms with Crippen molar-refractivity contribution in [3.8, 4) is 0 Å². The highest BCUT2D eigenvalue weighted by molar-refractivity contribution is 5.36. The van der Waals surface area contributed by atoms with E-state index in [1.54, 1.807) is 6.07 Å². The summed E-state index contributed by atoms with van der Waals surface area (Å²) in [6, 6.07) is 2.63. The Kier molecular flexibility index (Phi) is 3.78. The number of fused-ring (bicyclic) bond motifs is 1. The van der Waals surface area contributed by atoms with E-state index in [1.807, 2.05) is 13.8 Å². The van der Waals surface area contributed by atoms with Crippen LogP contribution in [0.3, 0.4) is 0 Å². The molecule has 0 aromatic carbocycles. The summed E-state index contributed by atoms with van der Waals surface area (Å²) in [5, 5.41) is 3.50. The van der Waals surface area contributed by atoms with Crippen molar-refractivity contribution in [3.05, 3.63) is 22.2 Å². The van der Waals surface area contributed by atoms with Gasteiger partial charge in [0.15, 0.2) is 0 Å². The quantitative estimate of drug-likeness (QED) is 0.885. The highest BCUT2D eigenvalue weighted by Gasteiger charge is 2.35. The Morgan fingerprint density at radius 1 is 1.35 bits per heavy atom. The molecule has 1 aromatic rings. The summed E-state index contributed by atoms with van der Waals surface area (Å²) >= 11 is 0. The first-order chi connectivity index (χ1) is 9.63. The van der Waals surface area contributed by atoms with Crippen LogP contribution in [-0.4, -0.2) is 40.0 Å². The van der Waals surface area contributed by atoms with Gasteiger partial charge in [0.2, 0.25) is 0 Å². The van der Waals surface area contributed by atoms with Crippen LogP contribution >= 0.6 is 0 Å². The topological polar surface area (TPSA) is 61.0 Å². The Balaban J connectivity index is 1.76. The molecule has 0 amide bonds. The lowest BCUT2D eigenvalue weighted by molar-refractivity contribution is 0.192. The molecule has 2 saturated heterocycles. The van der Waals surface area contributed by atoms with E-state index >= 15 is 0 Å². The van der Waals surface area contributed by atoms with Crippen LogP contribution in [-0.2, 0) is 0 Å². The molecule has 2 N–H and O–H groups in total. The van der Waals surface area contributed by atoms with Crippen molar-refractivity contribution < 1.29 is 0 Å². The molecule has 110 valence electrons. The molecule has 2 aliphatic heterocycles. The molecule has 0 saturated carbocycles. The molecule has 0 bridgehead atoms. The van der Waals surface area contributed by atoms with Crippen LogP contribution in [0.5, 0.6) is 0 Å². The molecular weight excluding hydrogens is 252 g/mol. The van der Waals surface area contributed by atoms with Gasteiger partial charge in [0.1, 0.15) is 11.6 Å². The third-order valence-corrected chi connectivity index (χ3v) is 4.50. The second-order valence-electron chi connectivity index (χ2n) is 6.31. The predicted octanol–water partition coefficient (Wildman–Crippen LogP) is 1.93. The average Bonchev–Trinajstić information content (AvgIpc) is 2.82. The van der Waals surface area contributed by atoms with E-state index in [-0.39, 0.29) is 11.5 Å². The van der Waals surface area contributed by atoms with Crippen LogP contribution in [0.15, 0.2) is 10.9 Å². The number of anilines is 1. The second-order valence-corrected chi connectivity index (χ2v) is 6.31. The van der Waals surface area contributed by atoms with Gasteiger partial charge in [0.25, 0.3) is 5.56 Å². The van der Waals surface area contributed by atoms with Gasteiger partial charge in [-0.3, -0.25) is 9.69 Å². The SMILES string of the molecule is CC(C)c1nc(NC2CCN3CCCCC23)cc(=O)[nH]1. The fraction of sp³-hybridized carbons (Fsp3) is 0.733. The van der Waals surface area contributed by atoms with E-state index < -0.39 is 0 Å². The Labute approximate surface area is 119 Å². The highest BCUT2D eigenvalue weighted by Crippen LogP contribution is 2.28. The maximum absolute atomic E-state index is 11.7. The molecule has 1 aromatic heterocycles. The van der Waals surface area contributed by atoms with Crippen molar-refractivity contribution in [2.45, 2.75) is 57.5 Å². The Hall–Kier alpha value is -1.36. The molecule has 5 nitrogen and oxygen atoms in total. The zero-order chi connectivity index (χ0) is 14.1. The van der Waals surface area contributed by atoms with Gasteiger partial charge in [-0.05, 0) is 25.8 Å². The monoisotopic (exact) mass is 276 g/mol. The predicted molar refractivity (Wildman–Crippen MR) is 80.2 cm³/mol. The number of H-pyrrole nitrogens is 1. The summed E-state index contributed by atoms with van der Waals surface area (Å²) < 4.78 is 0. The smallest absolute Gasteiger partial charge is 0.252 e. The number of aromatic nitrogens is 2. The maximum Gasteiger partial charge on any atom is 0.252 e. The molecule has 2 aliphatic rings. The second kappa shape index (κ2) is 5.56. The summed E-state index contributed by atoms with van der Waals surface area (Å²) in [4.78, 5) is 21.7. The lowest BCUT2D eigenvalue weighted by atomic mass is 9.99. The van der Waals surface area contributed by atoms with Gasteiger partial charge in [-0.1, -0.05) is 20.3 Å². The van der Waals surface area contributed by atoms with Crippen molar-refractivity contribution >= 4 is 5.82 Å². The van der Waals surface area contributed by atoms with E-state index in [1.165, 1.54) is 32.4 Å². The van der Waals surface area contributed by atoms with Gasteiger partial charge in [-0.2, -0.15) is 0 Å². The zero-order valence-corrected chi connectivity index (χ0v) is 12.4. The first-order valence-corrected chi connectivity index (χ1v) is 7.75. The fourth-order valence-corrected chi connectivity index (χ4v) is 3.43. The number of hydrogen-bond acceptors (Lipinski definition) is 4. The van der Waals surface area contributed by atoms with Crippen LogP contribution in [0, 0.1) is 0 Å². The average molecular weight is 276 g/mol. The minimum absolute atomic E-state index is 0.0651. The van der Waals surface area contributed by atoms with E-state index in [0.717, 1.165) is 18.1 Å². The Morgan fingerprint density at radius 3 is 3.00 bits per heavy atom. The number of rotatable bonds is 3. The Bertz CT molecular complexity index is 525. The molecule has 5 heteroatoms. The molecule has 0 spiro atoms. The molecular formula is C15H24N4O. The first kappa shape index (κ1) is 13.6. The van der Waals surface area contributed by atoms with Crippen molar-refractivity contribution in [2.75, 3.05) is 18.4 Å². The minimum Gasteiger partial charge on any atom is -0.365 e. The van der Waals surface area contributed by atoms with Crippen molar-refractivity contribution in [2.24, 2.45) is 0 Å². The summed E-state index contributed by atoms with van der Waals surface area (Å²) in [6.45, 7) is 6.48. The summed E-state index contributed by atoms with van der Waals surface area (Å²) in [6.07, 6.45) is 5.05. The number of aromatic amines is 1. The van der Waals surface area contributed by atoms with Crippen molar-refractivity contribution in [1.82, 2.24) is 14.9 Å². The van der Waals surface area contributed by atoms with Gasteiger partial charge in [0.05, 0.1) is 0 Å². The fourth-order valence-electron chi connectivity index (χ4n) is 3.43. The third kappa shape index (κ3) is 2.73. The first-order valence-electron chi connectivity index (χ1n) is 7.75. The van der Waals surface area contributed by atoms with Crippen molar-refractivity contribution in [3.63, 3.8) is 0 Å². The maximum atomic E-state index is 11.7. The van der Waals surface area contributed by atoms with E-state index in [4.69, 9.17) is 0 Å². The van der Waals surface area contributed by atoms with Crippen LogP contribution in [0.1, 0.15) is 51.3 Å². The molecule has 20 heavy (non-hydrogen) atoms. The molecule has 2 unspecified atom stereocenters. The van der Waals surface area contributed by atoms with Gasteiger partial charge in [0, 0.05) is 30.6 Å². The summed E-state index contributed by atoms with van der Waals surface area (Å²) in [5.41, 5.74) is -0.0651. The largest absolute Gasteiger partial charge is 0.365 e. The highest BCUT2D eigenvalue weighted by atomic mass is 16.1. The normalized spacial score (nSPS) is 26.8. The lowest BCUT2D eigenvalue weighted by Crippen LogP contribution is -2.42. The molecule has 2 atom stereocenters. The van der Waals surface area contributed by atoms with E-state index in [2.05, 4.69) is 20.2 Å². The van der Waals surface area contributed by atoms with Crippen LogP contribution in [0.25, 0.3) is 0 Å². The van der Waals surface area contributed by atoms with Gasteiger partial charge >= 0.3 is 0 Å². The van der Waals surface area contributed by atoms with Crippen LogP contribution in [0.2, 0.25) is 0 Å².